The van der Waals surface area contributed by atoms with Crippen molar-refractivity contribution < 1.29 is 4.79 Å². The van der Waals surface area contributed by atoms with Crippen molar-refractivity contribution in [2.24, 2.45) is 5.73 Å². The van der Waals surface area contributed by atoms with Crippen molar-refractivity contribution in [1.82, 2.24) is 0 Å². The standard InChI is InChI=1S/C16H16Cl2N2O/c1-16(2,15(19)21)10-6-3-4-9-13(10)20-14-11(17)7-5-8-12(14)18/h3-9,20H,1-2H3,(H2,19,21). The van der Waals surface area contributed by atoms with E-state index in [2.05, 4.69) is 5.32 Å². The highest BCUT2D eigenvalue weighted by atomic mass is 35.5. The molecule has 0 aromatic heterocycles. The first-order chi connectivity index (χ1) is 9.84. The third-order valence-electron chi connectivity index (χ3n) is 3.44. The van der Waals surface area contributed by atoms with Gasteiger partial charge in [0.15, 0.2) is 0 Å². The highest BCUT2D eigenvalue weighted by Crippen LogP contribution is 2.36. The molecule has 0 unspecified atom stereocenters. The zero-order valence-corrected chi connectivity index (χ0v) is 13.3. The summed E-state index contributed by atoms with van der Waals surface area (Å²) in [6.07, 6.45) is 0. The molecule has 0 heterocycles. The van der Waals surface area contributed by atoms with Gasteiger partial charge in [0.05, 0.1) is 21.1 Å². The second-order valence-corrected chi connectivity index (χ2v) is 6.07. The molecule has 5 heteroatoms. The number of amides is 1. The molecule has 0 atom stereocenters. The summed E-state index contributed by atoms with van der Waals surface area (Å²) in [6.45, 7) is 3.56. The Labute approximate surface area is 134 Å². The predicted molar refractivity (Wildman–Crippen MR) is 88.4 cm³/mol. The Morgan fingerprint density at radius 3 is 2.19 bits per heavy atom. The molecular formula is C16H16Cl2N2O. The van der Waals surface area contributed by atoms with E-state index in [9.17, 15) is 4.79 Å². The van der Waals surface area contributed by atoms with Crippen LogP contribution < -0.4 is 11.1 Å². The zero-order chi connectivity index (χ0) is 15.6. The molecule has 0 bridgehead atoms. The maximum atomic E-state index is 11.7. The van der Waals surface area contributed by atoms with Crippen LogP contribution in [0, 0.1) is 0 Å². The fourth-order valence-corrected chi connectivity index (χ4v) is 2.51. The second-order valence-electron chi connectivity index (χ2n) is 5.26. The SMILES string of the molecule is CC(C)(C(N)=O)c1ccccc1Nc1c(Cl)cccc1Cl. The number of carbonyl (C=O) groups excluding carboxylic acids is 1. The van der Waals surface area contributed by atoms with Gasteiger partial charge in [-0.15, -0.1) is 0 Å². The molecule has 2 rings (SSSR count). The second kappa shape index (κ2) is 5.96. The number of benzene rings is 2. The first-order valence-electron chi connectivity index (χ1n) is 6.44. The fraction of sp³-hybridized carbons (Fsp3) is 0.188. The Balaban J connectivity index is 2.49. The minimum atomic E-state index is -0.808. The number of nitrogens with one attached hydrogen (secondary N) is 1. The lowest BCUT2D eigenvalue weighted by atomic mass is 9.83. The van der Waals surface area contributed by atoms with Gasteiger partial charge in [-0.25, -0.2) is 0 Å². The minimum Gasteiger partial charge on any atom is -0.369 e. The number of para-hydroxylation sites is 2. The Bertz CT molecular complexity index is 663. The number of anilines is 2. The van der Waals surface area contributed by atoms with Crippen molar-refractivity contribution in [2.45, 2.75) is 19.3 Å². The summed E-state index contributed by atoms with van der Waals surface area (Å²) in [7, 11) is 0. The van der Waals surface area contributed by atoms with Crippen LogP contribution in [0.1, 0.15) is 19.4 Å². The topological polar surface area (TPSA) is 55.1 Å². The van der Waals surface area contributed by atoms with Crippen LogP contribution in [0.5, 0.6) is 0 Å². The summed E-state index contributed by atoms with van der Waals surface area (Å²) in [4.78, 5) is 11.7. The van der Waals surface area contributed by atoms with Gasteiger partial charge in [-0.3, -0.25) is 4.79 Å². The molecule has 3 nitrogen and oxygen atoms in total. The van der Waals surface area contributed by atoms with Gasteiger partial charge in [0.2, 0.25) is 5.91 Å². The molecule has 2 aromatic rings. The van der Waals surface area contributed by atoms with E-state index in [1.165, 1.54) is 0 Å². The molecule has 0 saturated carbocycles. The number of hydrogen-bond donors (Lipinski definition) is 2. The van der Waals surface area contributed by atoms with Crippen molar-refractivity contribution >= 4 is 40.5 Å². The summed E-state index contributed by atoms with van der Waals surface area (Å²) >= 11 is 12.3. The first-order valence-corrected chi connectivity index (χ1v) is 7.20. The maximum Gasteiger partial charge on any atom is 0.227 e. The van der Waals surface area contributed by atoms with E-state index in [-0.39, 0.29) is 0 Å². The van der Waals surface area contributed by atoms with E-state index in [1.807, 2.05) is 24.3 Å². The molecule has 0 saturated heterocycles. The lowest BCUT2D eigenvalue weighted by Crippen LogP contribution is -2.36. The average molecular weight is 323 g/mol. The zero-order valence-electron chi connectivity index (χ0n) is 11.8. The molecule has 2 aromatic carbocycles. The highest BCUT2D eigenvalue weighted by Gasteiger charge is 2.29. The molecule has 21 heavy (non-hydrogen) atoms. The van der Waals surface area contributed by atoms with Gasteiger partial charge < -0.3 is 11.1 Å². The lowest BCUT2D eigenvalue weighted by molar-refractivity contribution is -0.122. The van der Waals surface area contributed by atoms with E-state index < -0.39 is 11.3 Å². The minimum absolute atomic E-state index is 0.401. The number of carbonyl (C=O) groups is 1. The average Bonchev–Trinajstić information content (AvgIpc) is 2.43. The van der Waals surface area contributed by atoms with Crippen molar-refractivity contribution in [2.75, 3.05) is 5.32 Å². The maximum absolute atomic E-state index is 11.7. The van der Waals surface area contributed by atoms with Gasteiger partial charge >= 0.3 is 0 Å². The van der Waals surface area contributed by atoms with E-state index in [4.69, 9.17) is 28.9 Å². The lowest BCUT2D eigenvalue weighted by Gasteiger charge is -2.25. The van der Waals surface area contributed by atoms with E-state index >= 15 is 0 Å². The van der Waals surface area contributed by atoms with Crippen LogP contribution in [-0.4, -0.2) is 5.91 Å². The van der Waals surface area contributed by atoms with Crippen molar-refractivity contribution in [1.29, 1.82) is 0 Å². The smallest absolute Gasteiger partial charge is 0.227 e. The third kappa shape index (κ3) is 3.14. The number of hydrogen-bond acceptors (Lipinski definition) is 2. The Morgan fingerprint density at radius 1 is 1.05 bits per heavy atom. The molecule has 0 spiro atoms. The molecule has 0 radical (unpaired) electrons. The van der Waals surface area contributed by atoms with Gasteiger partial charge in [-0.05, 0) is 37.6 Å². The van der Waals surface area contributed by atoms with Crippen LogP contribution in [-0.2, 0) is 10.2 Å². The first kappa shape index (κ1) is 15.7. The summed E-state index contributed by atoms with van der Waals surface area (Å²) in [6, 6.07) is 12.7. The van der Waals surface area contributed by atoms with Crippen LogP contribution in [0.4, 0.5) is 11.4 Å². The van der Waals surface area contributed by atoms with Gasteiger partial charge in [0.1, 0.15) is 0 Å². The highest BCUT2D eigenvalue weighted by molar-refractivity contribution is 6.39. The molecule has 3 N–H and O–H groups in total. The van der Waals surface area contributed by atoms with Crippen LogP contribution in [0.25, 0.3) is 0 Å². The Morgan fingerprint density at radius 2 is 1.62 bits per heavy atom. The Hall–Kier alpha value is -1.71. The summed E-state index contributed by atoms with van der Waals surface area (Å²) in [5.74, 6) is -0.401. The molecule has 0 fully saturated rings. The van der Waals surface area contributed by atoms with Gasteiger partial charge in [-0.1, -0.05) is 47.5 Å². The number of primary amides is 1. The summed E-state index contributed by atoms with van der Waals surface area (Å²) < 4.78 is 0. The summed E-state index contributed by atoms with van der Waals surface area (Å²) in [5, 5.41) is 4.22. The van der Waals surface area contributed by atoms with Gasteiger partial charge in [-0.2, -0.15) is 0 Å². The van der Waals surface area contributed by atoms with Crippen molar-refractivity contribution in [3.05, 3.63) is 58.1 Å². The largest absolute Gasteiger partial charge is 0.369 e. The van der Waals surface area contributed by atoms with E-state index in [1.54, 1.807) is 32.0 Å². The van der Waals surface area contributed by atoms with Crippen molar-refractivity contribution in [3.63, 3.8) is 0 Å². The molecule has 110 valence electrons. The molecule has 0 aliphatic heterocycles. The fourth-order valence-electron chi connectivity index (χ4n) is 2.02. The normalized spacial score (nSPS) is 11.2. The quantitative estimate of drug-likeness (QED) is 0.870. The monoisotopic (exact) mass is 322 g/mol. The third-order valence-corrected chi connectivity index (χ3v) is 4.07. The van der Waals surface area contributed by atoms with E-state index in [0.29, 0.717) is 15.7 Å². The van der Waals surface area contributed by atoms with Gasteiger partial charge in [0.25, 0.3) is 0 Å². The molecule has 1 amide bonds. The summed E-state index contributed by atoms with van der Waals surface area (Å²) in [5.41, 5.74) is 6.83. The predicted octanol–water partition coefficient (Wildman–Crippen LogP) is 4.50. The van der Waals surface area contributed by atoms with Crippen LogP contribution >= 0.6 is 23.2 Å². The molecular weight excluding hydrogens is 307 g/mol. The van der Waals surface area contributed by atoms with Crippen molar-refractivity contribution in [3.8, 4) is 0 Å². The number of rotatable bonds is 4. The Kier molecular flexibility index (Phi) is 4.45. The molecule has 0 aliphatic rings. The van der Waals surface area contributed by atoms with Gasteiger partial charge in [0, 0.05) is 5.69 Å². The number of nitrogens with two attached hydrogens (primary N) is 1. The van der Waals surface area contributed by atoms with Crippen LogP contribution in [0.2, 0.25) is 10.0 Å². The van der Waals surface area contributed by atoms with Crippen LogP contribution in [0.3, 0.4) is 0 Å². The van der Waals surface area contributed by atoms with Crippen LogP contribution in [0.15, 0.2) is 42.5 Å². The molecule has 0 aliphatic carbocycles. The number of halogens is 2. The van der Waals surface area contributed by atoms with E-state index in [0.717, 1.165) is 11.3 Å².